The molecule has 0 aromatic heterocycles. The number of carbonyl (C=O) groups is 1. The zero-order valence-electron chi connectivity index (χ0n) is 13.4. The summed E-state index contributed by atoms with van der Waals surface area (Å²) in [6.45, 7) is 2.07. The van der Waals surface area contributed by atoms with E-state index in [1.165, 1.54) is 18.2 Å². The van der Waals surface area contributed by atoms with E-state index < -0.39 is 11.0 Å². The number of rotatable bonds is 6. The molecule has 0 aliphatic carbocycles. The molecule has 2 aromatic rings. The predicted molar refractivity (Wildman–Crippen MR) is 87.6 cm³/mol. The third kappa shape index (κ3) is 3.97. The molecule has 3 rings (SSSR count). The molecule has 1 atom stereocenters. The Hall–Kier alpha value is -3.29. The van der Waals surface area contributed by atoms with Crippen molar-refractivity contribution in [1.82, 2.24) is 5.32 Å². The molecule has 0 saturated heterocycles. The summed E-state index contributed by atoms with van der Waals surface area (Å²) in [4.78, 5) is 22.4. The van der Waals surface area contributed by atoms with Gasteiger partial charge in [0, 0.05) is 12.6 Å². The van der Waals surface area contributed by atoms with Crippen LogP contribution in [0.2, 0.25) is 0 Å². The Morgan fingerprint density at radius 3 is 2.88 bits per heavy atom. The summed E-state index contributed by atoms with van der Waals surface area (Å²) in [6, 6.07) is 11.1. The number of ether oxygens (including phenoxy) is 3. The SMILES string of the molecule is C[C@H](Oc1cccc([N+](=O)[O-])c1)C(=O)NCc1ccc2c(c1)OCO2. The fraction of sp³-hybridized carbons (Fsp3) is 0.235. The topological polar surface area (TPSA) is 99.9 Å². The van der Waals surface area contributed by atoms with Crippen LogP contribution in [0.3, 0.4) is 0 Å². The Labute approximate surface area is 143 Å². The minimum Gasteiger partial charge on any atom is -0.481 e. The maximum Gasteiger partial charge on any atom is 0.273 e. The Morgan fingerprint density at radius 1 is 1.28 bits per heavy atom. The first-order valence-electron chi connectivity index (χ1n) is 7.60. The Kier molecular flexibility index (Phi) is 4.69. The van der Waals surface area contributed by atoms with Gasteiger partial charge >= 0.3 is 0 Å². The molecule has 0 fully saturated rings. The number of nitrogens with zero attached hydrogens (tertiary/aromatic N) is 1. The summed E-state index contributed by atoms with van der Waals surface area (Å²) >= 11 is 0. The minimum atomic E-state index is -0.795. The summed E-state index contributed by atoms with van der Waals surface area (Å²) < 4.78 is 16.0. The molecule has 130 valence electrons. The van der Waals surface area contributed by atoms with Crippen molar-refractivity contribution in [3.63, 3.8) is 0 Å². The van der Waals surface area contributed by atoms with E-state index in [0.29, 0.717) is 18.0 Å². The molecular formula is C17H16N2O6. The van der Waals surface area contributed by atoms with Crippen molar-refractivity contribution in [1.29, 1.82) is 0 Å². The molecule has 1 N–H and O–H groups in total. The van der Waals surface area contributed by atoms with Gasteiger partial charge in [-0.25, -0.2) is 0 Å². The van der Waals surface area contributed by atoms with Gasteiger partial charge in [0.15, 0.2) is 17.6 Å². The monoisotopic (exact) mass is 344 g/mol. The Bertz CT molecular complexity index is 807. The third-order valence-electron chi connectivity index (χ3n) is 3.61. The summed E-state index contributed by atoms with van der Waals surface area (Å²) in [5.41, 5.74) is 0.769. The van der Waals surface area contributed by atoms with Crippen molar-refractivity contribution in [2.75, 3.05) is 6.79 Å². The summed E-state index contributed by atoms with van der Waals surface area (Å²) in [5, 5.41) is 13.5. The Morgan fingerprint density at radius 2 is 2.08 bits per heavy atom. The van der Waals surface area contributed by atoms with Gasteiger partial charge in [-0.1, -0.05) is 12.1 Å². The van der Waals surface area contributed by atoms with Gasteiger partial charge in [-0.3, -0.25) is 14.9 Å². The molecule has 0 bridgehead atoms. The fourth-order valence-electron chi connectivity index (χ4n) is 2.31. The number of benzene rings is 2. The highest BCUT2D eigenvalue weighted by molar-refractivity contribution is 5.80. The molecule has 1 aliphatic rings. The lowest BCUT2D eigenvalue weighted by Gasteiger charge is -2.14. The van der Waals surface area contributed by atoms with Gasteiger partial charge in [0.25, 0.3) is 11.6 Å². The lowest BCUT2D eigenvalue weighted by atomic mass is 10.2. The van der Waals surface area contributed by atoms with Crippen LogP contribution in [0, 0.1) is 10.1 Å². The van der Waals surface area contributed by atoms with Gasteiger partial charge in [-0.2, -0.15) is 0 Å². The quantitative estimate of drug-likeness (QED) is 0.638. The van der Waals surface area contributed by atoms with Crippen LogP contribution in [-0.4, -0.2) is 23.7 Å². The fourth-order valence-corrected chi connectivity index (χ4v) is 2.31. The summed E-state index contributed by atoms with van der Waals surface area (Å²) in [7, 11) is 0. The van der Waals surface area contributed by atoms with Gasteiger partial charge in [-0.15, -0.1) is 0 Å². The van der Waals surface area contributed by atoms with Crippen molar-refractivity contribution < 1.29 is 23.9 Å². The lowest BCUT2D eigenvalue weighted by Crippen LogP contribution is -2.35. The average molecular weight is 344 g/mol. The number of nitro groups is 1. The third-order valence-corrected chi connectivity index (χ3v) is 3.61. The zero-order chi connectivity index (χ0) is 17.8. The number of non-ortho nitro benzene ring substituents is 1. The zero-order valence-corrected chi connectivity index (χ0v) is 13.4. The molecule has 1 heterocycles. The van der Waals surface area contributed by atoms with Crippen LogP contribution in [0.15, 0.2) is 42.5 Å². The molecule has 0 saturated carbocycles. The van der Waals surface area contributed by atoms with E-state index in [0.717, 1.165) is 5.56 Å². The minimum absolute atomic E-state index is 0.0922. The van der Waals surface area contributed by atoms with E-state index in [2.05, 4.69) is 5.32 Å². The van der Waals surface area contributed by atoms with E-state index in [1.54, 1.807) is 25.1 Å². The first-order valence-corrected chi connectivity index (χ1v) is 7.60. The first kappa shape index (κ1) is 16.6. The molecular weight excluding hydrogens is 328 g/mol. The van der Waals surface area contributed by atoms with Crippen LogP contribution in [0.1, 0.15) is 12.5 Å². The highest BCUT2D eigenvalue weighted by atomic mass is 16.7. The predicted octanol–water partition coefficient (Wildman–Crippen LogP) is 2.41. The molecule has 2 aromatic carbocycles. The molecule has 25 heavy (non-hydrogen) atoms. The Balaban J connectivity index is 1.56. The van der Waals surface area contributed by atoms with Crippen molar-refractivity contribution in [3.8, 4) is 17.2 Å². The molecule has 8 nitrogen and oxygen atoms in total. The van der Waals surface area contributed by atoms with Gasteiger partial charge < -0.3 is 19.5 Å². The summed E-state index contributed by atoms with van der Waals surface area (Å²) in [5.74, 6) is 1.26. The van der Waals surface area contributed by atoms with Crippen molar-refractivity contribution in [3.05, 3.63) is 58.1 Å². The van der Waals surface area contributed by atoms with Crippen molar-refractivity contribution >= 4 is 11.6 Å². The largest absolute Gasteiger partial charge is 0.481 e. The second-order valence-corrected chi connectivity index (χ2v) is 5.42. The van der Waals surface area contributed by atoms with E-state index in [-0.39, 0.29) is 24.1 Å². The molecule has 1 amide bonds. The molecule has 1 aliphatic heterocycles. The number of fused-ring (bicyclic) bond motifs is 1. The number of carbonyl (C=O) groups excluding carboxylic acids is 1. The van der Waals surface area contributed by atoms with Crippen molar-refractivity contribution in [2.24, 2.45) is 0 Å². The van der Waals surface area contributed by atoms with Gasteiger partial charge in [-0.05, 0) is 30.7 Å². The van der Waals surface area contributed by atoms with E-state index in [1.807, 2.05) is 6.07 Å². The molecule has 8 heteroatoms. The number of nitrogens with one attached hydrogen (secondary N) is 1. The molecule has 0 radical (unpaired) electrons. The normalized spacial score (nSPS) is 13.2. The van der Waals surface area contributed by atoms with Crippen LogP contribution < -0.4 is 19.5 Å². The van der Waals surface area contributed by atoms with Gasteiger partial charge in [0.2, 0.25) is 6.79 Å². The van der Waals surface area contributed by atoms with E-state index in [9.17, 15) is 14.9 Å². The standard InChI is InChI=1S/C17H16N2O6/c1-11(25-14-4-2-3-13(8-14)19(21)22)17(20)18-9-12-5-6-15-16(7-12)24-10-23-15/h2-8,11H,9-10H2,1H3,(H,18,20)/t11-/m0/s1. The number of hydrogen-bond acceptors (Lipinski definition) is 6. The highest BCUT2D eigenvalue weighted by Gasteiger charge is 2.17. The van der Waals surface area contributed by atoms with Crippen LogP contribution >= 0.6 is 0 Å². The van der Waals surface area contributed by atoms with Gasteiger partial charge in [0.1, 0.15) is 5.75 Å². The lowest BCUT2D eigenvalue weighted by molar-refractivity contribution is -0.384. The van der Waals surface area contributed by atoms with Gasteiger partial charge in [0.05, 0.1) is 11.0 Å². The van der Waals surface area contributed by atoms with Crippen LogP contribution in [0.25, 0.3) is 0 Å². The van der Waals surface area contributed by atoms with Crippen LogP contribution in [-0.2, 0) is 11.3 Å². The highest BCUT2D eigenvalue weighted by Crippen LogP contribution is 2.32. The van der Waals surface area contributed by atoms with Crippen LogP contribution in [0.5, 0.6) is 17.2 Å². The van der Waals surface area contributed by atoms with E-state index >= 15 is 0 Å². The second-order valence-electron chi connectivity index (χ2n) is 5.42. The maximum absolute atomic E-state index is 12.1. The number of amides is 1. The number of hydrogen-bond donors (Lipinski definition) is 1. The smallest absolute Gasteiger partial charge is 0.273 e. The molecule has 0 unspecified atom stereocenters. The number of nitro benzene ring substituents is 1. The maximum atomic E-state index is 12.1. The summed E-state index contributed by atoms with van der Waals surface area (Å²) in [6.07, 6.45) is -0.795. The molecule has 0 spiro atoms. The first-order chi connectivity index (χ1) is 12.0. The van der Waals surface area contributed by atoms with Crippen molar-refractivity contribution in [2.45, 2.75) is 19.6 Å². The van der Waals surface area contributed by atoms with Crippen LogP contribution in [0.4, 0.5) is 5.69 Å². The average Bonchev–Trinajstić information content (AvgIpc) is 3.07. The second kappa shape index (κ2) is 7.08. The van der Waals surface area contributed by atoms with E-state index in [4.69, 9.17) is 14.2 Å².